The molecule has 2 aliphatic heterocycles. The lowest BCUT2D eigenvalue weighted by Gasteiger charge is -2.34. The van der Waals surface area contributed by atoms with Gasteiger partial charge in [-0.1, -0.05) is 0 Å². The van der Waals surface area contributed by atoms with Gasteiger partial charge in [0.2, 0.25) is 5.91 Å². The molecule has 7 heteroatoms. The van der Waals surface area contributed by atoms with Crippen LogP contribution in [-0.2, 0) is 23.1 Å². The topological polar surface area (TPSA) is 76.6 Å². The summed E-state index contributed by atoms with van der Waals surface area (Å²) in [6.45, 7) is 5.89. The molecule has 1 unspecified atom stereocenters. The highest BCUT2D eigenvalue weighted by atomic mass is 16.5. The Bertz CT molecular complexity index is 526. The number of carbonyl (C=O) groups excluding carboxylic acids is 1. The van der Waals surface area contributed by atoms with Crippen LogP contribution in [0, 0.1) is 5.92 Å². The molecule has 0 bridgehead atoms. The molecule has 2 fully saturated rings. The molecule has 1 aromatic rings. The standard InChI is InChI=1S/C16H27N5O2/c1-19-9-13(8-18-19)10-20-4-5-21(12-14(11-20)16(17)22)15-2-6-23-7-3-15/h8-9,14-15H,2-7,10-12H2,1H3,(H2,17,22). The van der Waals surface area contributed by atoms with Gasteiger partial charge in [-0.25, -0.2) is 0 Å². The normalized spacial score (nSPS) is 25.3. The van der Waals surface area contributed by atoms with E-state index in [1.165, 1.54) is 5.56 Å². The summed E-state index contributed by atoms with van der Waals surface area (Å²) in [5.74, 6) is -0.308. The van der Waals surface area contributed by atoms with Crippen molar-refractivity contribution in [3.05, 3.63) is 18.0 Å². The van der Waals surface area contributed by atoms with Crippen molar-refractivity contribution in [2.24, 2.45) is 18.7 Å². The van der Waals surface area contributed by atoms with Gasteiger partial charge in [0, 0.05) is 70.8 Å². The Morgan fingerprint density at radius 3 is 2.78 bits per heavy atom. The zero-order chi connectivity index (χ0) is 16.2. The zero-order valence-corrected chi connectivity index (χ0v) is 13.9. The Kier molecular flexibility index (Phi) is 5.30. The van der Waals surface area contributed by atoms with E-state index in [-0.39, 0.29) is 11.8 Å². The highest BCUT2D eigenvalue weighted by Gasteiger charge is 2.30. The van der Waals surface area contributed by atoms with Gasteiger partial charge in [0.15, 0.2) is 0 Å². The number of aromatic nitrogens is 2. The van der Waals surface area contributed by atoms with E-state index in [9.17, 15) is 4.79 Å². The summed E-state index contributed by atoms with van der Waals surface area (Å²) in [6.07, 6.45) is 6.02. The maximum atomic E-state index is 11.9. The second kappa shape index (κ2) is 7.42. The van der Waals surface area contributed by atoms with Crippen molar-refractivity contribution in [3.63, 3.8) is 0 Å². The van der Waals surface area contributed by atoms with Crippen molar-refractivity contribution in [1.82, 2.24) is 19.6 Å². The van der Waals surface area contributed by atoms with E-state index in [0.29, 0.717) is 6.04 Å². The fraction of sp³-hybridized carbons (Fsp3) is 0.750. The molecule has 7 nitrogen and oxygen atoms in total. The van der Waals surface area contributed by atoms with Crippen molar-refractivity contribution in [3.8, 4) is 0 Å². The molecule has 2 N–H and O–H groups in total. The van der Waals surface area contributed by atoms with Crippen LogP contribution in [0.4, 0.5) is 0 Å². The van der Waals surface area contributed by atoms with Crippen molar-refractivity contribution < 1.29 is 9.53 Å². The minimum Gasteiger partial charge on any atom is -0.381 e. The van der Waals surface area contributed by atoms with Gasteiger partial charge in [0.05, 0.1) is 12.1 Å². The first kappa shape index (κ1) is 16.4. The van der Waals surface area contributed by atoms with Crippen LogP contribution in [0.2, 0.25) is 0 Å². The van der Waals surface area contributed by atoms with Crippen molar-refractivity contribution in [2.75, 3.05) is 39.4 Å². The summed E-state index contributed by atoms with van der Waals surface area (Å²) in [7, 11) is 1.92. The summed E-state index contributed by atoms with van der Waals surface area (Å²) in [5.41, 5.74) is 6.83. The lowest BCUT2D eigenvalue weighted by Crippen LogP contribution is -2.44. The Morgan fingerprint density at radius 1 is 1.35 bits per heavy atom. The van der Waals surface area contributed by atoms with Gasteiger partial charge in [-0.2, -0.15) is 5.10 Å². The van der Waals surface area contributed by atoms with E-state index in [0.717, 1.165) is 58.8 Å². The number of ether oxygens (including phenoxy) is 1. The third-order valence-electron chi connectivity index (χ3n) is 4.91. The molecule has 0 radical (unpaired) electrons. The zero-order valence-electron chi connectivity index (χ0n) is 13.9. The van der Waals surface area contributed by atoms with Crippen LogP contribution < -0.4 is 5.73 Å². The second-order valence-corrected chi connectivity index (χ2v) is 6.70. The molecule has 2 saturated heterocycles. The number of hydrogen-bond acceptors (Lipinski definition) is 5. The van der Waals surface area contributed by atoms with Gasteiger partial charge in [0.25, 0.3) is 0 Å². The summed E-state index contributed by atoms with van der Waals surface area (Å²) in [4.78, 5) is 16.6. The minimum atomic E-state index is -0.194. The number of carbonyl (C=O) groups is 1. The van der Waals surface area contributed by atoms with E-state index < -0.39 is 0 Å². The van der Waals surface area contributed by atoms with Crippen LogP contribution in [0.15, 0.2) is 12.4 Å². The third kappa shape index (κ3) is 4.31. The predicted octanol–water partition coefficient (Wildman–Crippen LogP) is -0.182. The molecule has 1 atom stereocenters. The summed E-state index contributed by atoms with van der Waals surface area (Å²) in [5, 5.41) is 4.22. The monoisotopic (exact) mass is 321 g/mol. The molecular weight excluding hydrogens is 294 g/mol. The second-order valence-electron chi connectivity index (χ2n) is 6.70. The van der Waals surface area contributed by atoms with E-state index in [2.05, 4.69) is 14.9 Å². The molecule has 3 rings (SSSR count). The van der Waals surface area contributed by atoms with Crippen LogP contribution in [-0.4, -0.2) is 70.9 Å². The van der Waals surface area contributed by atoms with E-state index in [4.69, 9.17) is 10.5 Å². The van der Waals surface area contributed by atoms with Gasteiger partial charge in [-0.05, 0) is 12.8 Å². The third-order valence-corrected chi connectivity index (χ3v) is 4.91. The van der Waals surface area contributed by atoms with Crippen molar-refractivity contribution in [2.45, 2.75) is 25.4 Å². The Morgan fingerprint density at radius 2 is 2.13 bits per heavy atom. The Balaban J connectivity index is 1.65. The number of nitrogens with two attached hydrogens (primary N) is 1. The fourth-order valence-electron chi connectivity index (χ4n) is 3.62. The Hall–Kier alpha value is -1.44. The van der Waals surface area contributed by atoms with E-state index in [1.54, 1.807) is 0 Å². The van der Waals surface area contributed by atoms with Crippen molar-refractivity contribution in [1.29, 1.82) is 0 Å². The molecule has 0 aromatic carbocycles. The molecular formula is C16H27N5O2. The molecule has 128 valence electrons. The SMILES string of the molecule is Cn1cc(CN2CCN(C3CCOCC3)CC(C(N)=O)C2)cn1. The maximum absolute atomic E-state index is 11.9. The van der Waals surface area contributed by atoms with Crippen LogP contribution >= 0.6 is 0 Å². The lowest BCUT2D eigenvalue weighted by molar-refractivity contribution is -0.122. The van der Waals surface area contributed by atoms with Crippen LogP contribution in [0.25, 0.3) is 0 Å². The average molecular weight is 321 g/mol. The van der Waals surface area contributed by atoms with Crippen LogP contribution in [0.5, 0.6) is 0 Å². The van der Waals surface area contributed by atoms with Crippen molar-refractivity contribution >= 4 is 5.91 Å². The first-order valence-corrected chi connectivity index (χ1v) is 8.43. The van der Waals surface area contributed by atoms with Gasteiger partial charge in [-0.3, -0.25) is 19.3 Å². The largest absolute Gasteiger partial charge is 0.381 e. The van der Waals surface area contributed by atoms with E-state index >= 15 is 0 Å². The molecule has 0 spiro atoms. The molecule has 0 aliphatic carbocycles. The quantitative estimate of drug-likeness (QED) is 0.832. The Labute approximate surface area is 137 Å². The number of hydrogen-bond donors (Lipinski definition) is 1. The summed E-state index contributed by atoms with van der Waals surface area (Å²) < 4.78 is 7.27. The first-order valence-electron chi connectivity index (χ1n) is 8.43. The molecule has 3 heterocycles. The van der Waals surface area contributed by atoms with Gasteiger partial charge < -0.3 is 10.5 Å². The predicted molar refractivity (Wildman–Crippen MR) is 86.6 cm³/mol. The smallest absolute Gasteiger partial charge is 0.223 e. The van der Waals surface area contributed by atoms with Crippen LogP contribution in [0.1, 0.15) is 18.4 Å². The molecule has 2 aliphatic rings. The molecule has 23 heavy (non-hydrogen) atoms. The highest BCUT2D eigenvalue weighted by Crippen LogP contribution is 2.20. The maximum Gasteiger partial charge on any atom is 0.223 e. The molecule has 1 aromatic heterocycles. The highest BCUT2D eigenvalue weighted by molar-refractivity contribution is 5.77. The summed E-state index contributed by atoms with van der Waals surface area (Å²) in [6, 6.07) is 0.518. The minimum absolute atomic E-state index is 0.114. The number of amides is 1. The van der Waals surface area contributed by atoms with E-state index in [1.807, 2.05) is 24.1 Å². The van der Waals surface area contributed by atoms with Gasteiger partial charge in [-0.15, -0.1) is 0 Å². The average Bonchev–Trinajstić information content (AvgIpc) is 2.83. The number of aryl methyl sites for hydroxylation is 1. The van der Waals surface area contributed by atoms with Crippen LogP contribution in [0.3, 0.4) is 0 Å². The molecule has 1 amide bonds. The molecule has 0 saturated carbocycles. The number of rotatable bonds is 4. The van der Waals surface area contributed by atoms with Gasteiger partial charge >= 0.3 is 0 Å². The summed E-state index contributed by atoms with van der Waals surface area (Å²) >= 11 is 0. The van der Waals surface area contributed by atoms with Gasteiger partial charge in [0.1, 0.15) is 0 Å². The number of primary amides is 1. The fourth-order valence-corrected chi connectivity index (χ4v) is 3.62. The first-order chi connectivity index (χ1) is 11.1. The number of nitrogens with zero attached hydrogens (tertiary/aromatic N) is 4. The lowest BCUT2D eigenvalue weighted by atomic mass is 10.0.